The molecule has 4 nitrogen and oxygen atoms in total. The molecular formula is C16H33N3O. The number of rotatable bonds is 7. The number of nitrogens with zero attached hydrogens (tertiary/aromatic N) is 3. The van der Waals surface area contributed by atoms with E-state index >= 15 is 0 Å². The summed E-state index contributed by atoms with van der Waals surface area (Å²) in [5.74, 6) is 0.655. The van der Waals surface area contributed by atoms with Crippen molar-refractivity contribution in [1.29, 1.82) is 0 Å². The summed E-state index contributed by atoms with van der Waals surface area (Å²) in [6, 6.07) is 0.249. The van der Waals surface area contributed by atoms with Gasteiger partial charge in [-0.3, -0.25) is 0 Å². The summed E-state index contributed by atoms with van der Waals surface area (Å²) in [4.78, 5) is 19.0. The van der Waals surface area contributed by atoms with E-state index in [1.54, 1.807) is 0 Å². The third-order valence-corrected chi connectivity index (χ3v) is 4.38. The quantitative estimate of drug-likeness (QED) is 0.718. The highest BCUT2D eigenvalue weighted by molar-refractivity contribution is 5.74. The van der Waals surface area contributed by atoms with Gasteiger partial charge < -0.3 is 14.7 Å². The minimum absolute atomic E-state index is 0.249. The molecule has 118 valence electrons. The maximum absolute atomic E-state index is 12.5. The number of amides is 2. The first-order valence-corrected chi connectivity index (χ1v) is 8.38. The van der Waals surface area contributed by atoms with E-state index in [1.165, 1.54) is 6.42 Å². The smallest absolute Gasteiger partial charge is 0.319 e. The molecule has 2 amide bonds. The van der Waals surface area contributed by atoms with Crippen LogP contribution in [0, 0.1) is 5.92 Å². The Morgan fingerprint density at radius 1 is 1.15 bits per heavy atom. The van der Waals surface area contributed by atoms with Crippen LogP contribution in [0.15, 0.2) is 0 Å². The number of urea groups is 1. The van der Waals surface area contributed by atoms with Crippen molar-refractivity contribution in [2.75, 3.05) is 45.8 Å². The highest BCUT2D eigenvalue weighted by atomic mass is 16.2. The number of likely N-dealkylation sites (tertiary alicyclic amines) is 1. The van der Waals surface area contributed by atoms with E-state index in [0.717, 1.165) is 58.7 Å². The maximum atomic E-state index is 12.5. The molecule has 1 aliphatic rings. The van der Waals surface area contributed by atoms with Crippen molar-refractivity contribution >= 4 is 6.03 Å². The third kappa shape index (κ3) is 5.31. The molecule has 0 aliphatic carbocycles. The third-order valence-electron chi connectivity index (χ3n) is 4.38. The van der Waals surface area contributed by atoms with Gasteiger partial charge in [0.1, 0.15) is 0 Å². The summed E-state index contributed by atoms with van der Waals surface area (Å²) in [5.41, 5.74) is 0. The average Bonchev–Trinajstić information content (AvgIpc) is 2.47. The van der Waals surface area contributed by atoms with Crippen LogP contribution in [-0.4, -0.2) is 66.5 Å². The highest BCUT2D eigenvalue weighted by Gasteiger charge is 2.24. The largest absolute Gasteiger partial charge is 0.325 e. The fourth-order valence-corrected chi connectivity index (χ4v) is 2.98. The van der Waals surface area contributed by atoms with Gasteiger partial charge in [0.25, 0.3) is 0 Å². The summed E-state index contributed by atoms with van der Waals surface area (Å²) in [6.45, 7) is 15.6. The molecule has 4 heteroatoms. The normalized spacial score (nSPS) is 19.4. The number of hydrogen-bond acceptors (Lipinski definition) is 2. The molecule has 0 aromatic rings. The summed E-state index contributed by atoms with van der Waals surface area (Å²) in [6.07, 6.45) is 3.49. The van der Waals surface area contributed by atoms with Gasteiger partial charge in [-0.05, 0) is 51.7 Å². The minimum atomic E-state index is 0.249. The molecule has 1 unspecified atom stereocenters. The van der Waals surface area contributed by atoms with Gasteiger partial charge in [-0.15, -0.1) is 0 Å². The average molecular weight is 283 g/mol. The topological polar surface area (TPSA) is 26.8 Å². The van der Waals surface area contributed by atoms with Gasteiger partial charge >= 0.3 is 6.03 Å². The van der Waals surface area contributed by atoms with Crippen LogP contribution < -0.4 is 0 Å². The molecule has 0 radical (unpaired) electrons. The van der Waals surface area contributed by atoms with Gasteiger partial charge in [0.2, 0.25) is 0 Å². The molecule has 1 saturated heterocycles. The second kappa shape index (κ2) is 9.22. The lowest BCUT2D eigenvalue weighted by atomic mass is 10.0. The van der Waals surface area contributed by atoms with Crippen LogP contribution in [0.1, 0.15) is 47.0 Å². The number of carbonyl (C=O) groups excluding carboxylic acids is 1. The van der Waals surface area contributed by atoms with Crippen molar-refractivity contribution in [2.24, 2.45) is 5.92 Å². The predicted octanol–water partition coefficient (Wildman–Crippen LogP) is 2.89. The maximum Gasteiger partial charge on any atom is 0.319 e. The van der Waals surface area contributed by atoms with Crippen LogP contribution in [0.3, 0.4) is 0 Å². The Bertz CT molecular complexity index is 279. The molecule has 1 heterocycles. The van der Waals surface area contributed by atoms with Gasteiger partial charge in [-0.1, -0.05) is 20.8 Å². The van der Waals surface area contributed by atoms with E-state index in [2.05, 4.69) is 37.5 Å². The molecule has 0 N–H and O–H groups in total. The van der Waals surface area contributed by atoms with Gasteiger partial charge in [-0.25, -0.2) is 4.79 Å². The molecule has 1 fully saturated rings. The van der Waals surface area contributed by atoms with Crippen LogP contribution in [0.5, 0.6) is 0 Å². The zero-order valence-electron chi connectivity index (χ0n) is 13.9. The lowest BCUT2D eigenvalue weighted by molar-refractivity contribution is 0.131. The lowest BCUT2D eigenvalue weighted by Crippen LogP contribution is -2.47. The zero-order valence-corrected chi connectivity index (χ0v) is 13.9. The second-order valence-electron chi connectivity index (χ2n) is 5.94. The monoisotopic (exact) mass is 283 g/mol. The number of piperidine rings is 1. The van der Waals surface area contributed by atoms with Gasteiger partial charge in [0.05, 0.1) is 0 Å². The van der Waals surface area contributed by atoms with Crippen molar-refractivity contribution in [3.8, 4) is 0 Å². The molecule has 0 bridgehead atoms. The van der Waals surface area contributed by atoms with E-state index < -0.39 is 0 Å². The molecule has 0 saturated carbocycles. The van der Waals surface area contributed by atoms with Crippen LogP contribution >= 0.6 is 0 Å². The van der Waals surface area contributed by atoms with Crippen molar-refractivity contribution in [2.45, 2.75) is 47.0 Å². The molecule has 1 rings (SSSR count). The fraction of sp³-hybridized carbons (Fsp3) is 0.938. The van der Waals surface area contributed by atoms with E-state index in [0.29, 0.717) is 5.92 Å². The highest BCUT2D eigenvalue weighted by Crippen LogP contribution is 2.17. The van der Waals surface area contributed by atoms with Crippen molar-refractivity contribution in [1.82, 2.24) is 14.7 Å². The van der Waals surface area contributed by atoms with Crippen LogP contribution in [0.4, 0.5) is 4.79 Å². The number of hydrogen-bond donors (Lipinski definition) is 0. The SMILES string of the molecule is CCN(CC)CCCN(CC)C(=O)N1CCCC(C)C1. The Hall–Kier alpha value is -0.770. The van der Waals surface area contributed by atoms with E-state index in [4.69, 9.17) is 0 Å². The first-order valence-electron chi connectivity index (χ1n) is 8.38. The van der Waals surface area contributed by atoms with Crippen molar-refractivity contribution < 1.29 is 4.79 Å². The van der Waals surface area contributed by atoms with Crippen molar-refractivity contribution in [3.05, 3.63) is 0 Å². The molecule has 0 aromatic heterocycles. The molecular weight excluding hydrogens is 250 g/mol. The fourth-order valence-electron chi connectivity index (χ4n) is 2.98. The predicted molar refractivity (Wildman–Crippen MR) is 85.0 cm³/mol. The molecule has 20 heavy (non-hydrogen) atoms. The second-order valence-corrected chi connectivity index (χ2v) is 5.94. The van der Waals surface area contributed by atoms with E-state index in [1.807, 2.05) is 4.90 Å². The van der Waals surface area contributed by atoms with Crippen molar-refractivity contribution in [3.63, 3.8) is 0 Å². The van der Waals surface area contributed by atoms with Crippen LogP contribution in [0.2, 0.25) is 0 Å². The number of carbonyl (C=O) groups is 1. The van der Waals surface area contributed by atoms with Crippen LogP contribution in [-0.2, 0) is 0 Å². The Balaban J connectivity index is 2.38. The van der Waals surface area contributed by atoms with E-state index in [-0.39, 0.29) is 6.03 Å². The first-order chi connectivity index (χ1) is 9.62. The molecule has 0 spiro atoms. The van der Waals surface area contributed by atoms with Gasteiger partial charge in [0, 0.05) is 26.2 Å². The Morgan fingerprint density at radius 2 is 1.85 bits per heavy atom. The zero-order chi connectivity index (χ0) is 15.0. The van der Waals surface area contributed by atoms with Gasteiger partial charge in [-0.2, -0.15) is 0 Å². The first kappa shape index (κ1) is 17.3. The molecule has 1 aliphatic heterocycles. The van der Waals surface area contributed by atoms with E-state index in [9.17, 15) is 4.79 Å². The summed E-state index contributed by atoms with van der Waals surface area (Å²) in [5, 5.41) is 0. The Kier molecular flexibility index (Phi) is 7.97. The van der Waals surface area contributed by atoms with Gasteiger partial charge in [0.15, 0.2) is 0 Å². The summed E-state index contributed by atoms with van der Waals surface area (Å²) < 4.78 is 0. The van der Waals surface area contributed by atoms with Crippen LogP contribution in [0.25, 0.3) is 0 Å². The minimum Gasteiger partial charge on any atom is -0.325 e. The lowest BCUT2D eigenvalue weighted by Gasteiger charge is -2.35. The Morgan fingerprint density at radius 3 is 2.40 bits per heavy atom. The molecule has 0 aromatic carbocycles. The standard InChI is InChI=1S/C16H33N3O/c1-5-17(6-2)11-9-13-18(7-3)16(20)19-12-8-10-15(4)14-19/h15H,5-14H2,1-4H3. The Labute approximate surface area is 125 Å². The summed E-state index contributed by atoms with van der Waals surface area (Å²) in [7, 11) is 0. The summed E-state index contributed by atoms with van der Waals surface area (Å²) >= 11 is 0. The molecule has 1 atom stereocenters.